The van der Waals surface area contributed by atoms with Crippen molar-refractivity contribution in [3.8, 4) is 5.75 Å². The van der Waals surface area contributed by atoms with E-state index in [4.69, 9.17) is 4.74 Å². The number of carboxylic acids is 1. The average Bonchev–Trinajstić information content (AvgIpc) is 2.88. The first kappa shape index (κ1) is 24.6. The molecule has 0 radical (unpaired) electrons. The molecule has 1 aliphatic heterocycles. The molecule has 2 N–H and O–H groups in total. The number of nitrogens with zero attached hydrogens (tertiary/aromatic N) is 1. The van der Waals surface area contributed by atoms with Gasteiger partial charge in [-0.15, -0.1) is 0 Å². The molecule has 0 bridgehead atoms. The zero-order chi connectivity index (χ0) is 26.1. The molecule has 5 nitrogen and oxygen atoms in total. The Bertz CT molecular complexity index is 1470. The van der Waals surface area contributed by atoms with Crippen molar-refractivity contribution in [2.24, 2.45) is 0 Å². The van der Waals surface area contributed by atoms with Crippen LogP contribution >= 0.6 is 0 Å². The Hall–Kier alpha value is -4.04. The number of rotatable bonds is 7. The van der Waals surface area contributed by atoms with E-state index in [1.807, 2.05) is 18.2 Å². The summed E-state index contributed by atoms with van der Waals surface area (Å²) in [5, 5.41) is 15.1. The summed E-state index contributed by atoms with van der Waals surface area (Å²) in [6.07, 6.45) is -0.0668. The molecule has 0 amide bonds. The predicted octanol–water partition coefficient (Wildman–Crippen LogP) is 6.60. The zero-order valence-corrected chi connectivity index (χ0v) is 20.0. The molecule has 190 valence electrons. The van der Waals surface area contributed by atoms with Crippen LogP contribution in [0.4, 0.5) is 24.5 Å². The summed E-state index contributed by atoms with van der Waals surface area (Å²) >= 11 is 0. The molecule has 0 spiro atoms. The molecule has 8 heteroatoms. The number of ether oxygens (including phenoxy) is 1. The highest BCUT2D eigenvalue weighted by Gasteiger charge is 2.32. The summed E-state index contributed by atoms with van der Waals surface area (Å²) in [7, 11) is 0. The first-order chi connectivity index (χ1) is 17.8. The number of fused-ring (bicyclic) bond motifs is 2. The van der Waals surface area contributed by atoms with Gasteiger partial charge in [-0.1, -0.05) is 48.5 Å². The van der Waals surface area contributed by atoms with Crippen LogP contribution in [-0.4, -0.2) is 30.3 Å². The lowest BCUT2D eigenvalue weighted by Gasteiger charge is -2.37. The molecule has 0 aliphatic carbocycles. The Morgan fingerprint density at radius 3 is 2.57 bits per heavy atom. The van der Waals surface area contributed by atoms with Gasteiger partial charge in [0.05, 0.1) is 17.9 Å². The lowest BCUT2D eigenvalue weighted by atomic mass is 9.99. The van der Waals surface area contributed by atoms with Crippen LogP contribution in [0.1, 0.15) is 35.3 Å². The number of carbonyl (C=O) groups is 1. The fourth-order valence-corrected chi connectivity index (χ4v) is 4.86. The van der Waals surface area contributed by atoms with Crippen molar-refractivity contribution in [1.29, 1.82) is 0 Å². The highest BCUT2D eigenvalue weighted by atomic mass is 19.1. The summed E-state index contributed by atoms with van der Waals surface area (Å²) in [5.41, 5.74) is 0.186. The van der Waals surface area contributed by atoms with Crippen molar-refractivity contribution < 1.29 is 27.8 Å². The van der Waals surface area contributed by atoms with Crippen LogP contribution in [0.3, 0.4) is 0 Å². The number of nitrogens with one attached hydrogen (secondary N) is 1. The molecule has 4 aromatic rings. The maximum Gasteiger partial charge on any atom is 0.341 e. The molecule has 0 fully saturated rings. The van der Waals surface area contributed by atoms with Crippen LogP contribution in [0.25, 0.3) is 10.8 Å². The Labute approximate surface area is 212 Å². The van der Waals surface area contributed by atoms with E-state index in [0.717, 1.165) is 28.5 Å². The third kappa shape index (κ3) is 4.72. The quantitative estimate of drug-likeness (QED) is 0.296. The smallest absolute Gasteiger partial charge is 0.341 e. The van der Waals surface area contributed by atoms with Crippen LogP contribution in [0.5, 0.6) is 5.75 Å². The first-order valence-electron chi connectivity index (χ1n) is 12.0. The molecular formula is C29H25F3N2O3. The fourth-order valence-electron chi connectivity index (χ4n) is 4.86. The first-order valence-corrected chi connectivity index (χ1v) is 12.0. The molecule has 37 heavy (non-hydrogen) atoms. The topological polar surface area (TPSA) is 61.8 Å². The summed E-state index contributed by atoms with van der Waals surface area (Å²) in [4.78, 5) is 12.9. The minimum atomic E-state index is -1.72. The second-order valence-electron chi connectivity index (χ2n) is 9.03. The molecule has 4 aromatic carbocycles. The second-order valence-corrected chi connectivity index (χ2v) is 9.03. The zero-order valence-electron chi connectivity index (χ0n) is 20.0. The highest BCUT2D eigenvalue weighted by Crippen LogP contribution is 2.42. The third-order valence-electron chi connectivity index (χ3n) is 6.69. The number of hydrogen-bond donors (Lipinski definition) is 2. The van der Waals surface area contributed by atoms with Crippen LogP contribution < -0.4 is 15.0 Å². The van der Waals surface area contributed by atoms with Crippen LogP contribution in [-0.2, 0) is 0 Å². The van der Waals surface area contributed by atoms with Crippen molar-refractivity contribution in [3.05, 3.63) is 101 Å². The fraction of sp³-hybridized carbons (Fsp3) is 0.207. The molecule has 1 aliphatic rings. The second kappa shape index (κ2) is 10.1. The Kier molecular flexibility index (Phi) is 6.76. The molecule has 2 atom stereocenters. The van der Waals surface area contributed by atoms with E-state index in [9.17, 15) is 18.7 Å². The van der Waals surface area contributed by atoms with Crippen molar-refractivity contribution in [2.45, 2.75) is 25.5 Å². The van der Waals surface area contributed by atoms with Gasteiger partial charge in [-0.25, -0.2) is 18.0 Å². The normalized spacial score (nSPS) is 15.8. The number of anilines is 2. The van der Waals surface area contributed by atoms with Crippen molar-refractivity contribution in [1.82, 2.24) is 5.32 Å². The number of hydrogen-bond acceptors (Lipinski definition) is 4. The van der Waals surface area contributed by atoms with Gasteiger partial charge in [-0.3, -0.25) is 0 Å². The average molecular weight is 507 g/mol. The molecular weight excluding hydrogens is 481 g/mol. The number of benzene rings is 4. The van der Waals surface area contributed by atoms with E-state index < -0.39 is 35.1 Å². The number of aromatic carboxylic acids is 1. The number of halogens is 3. The molecule has 5 rings (SSSR count). The lowest BCUT2D eigenvalue weighted by molar-refractivity contribution is 0.0686. The predicted molar refractivity (Wildman–Crippen MR) is 136 cm³/mol. The number of carboxylic acid groups (broad SMARTS) is 1. The lowest BCUT2D eigenvalue weighted by Crippen LogP contribution is -2.40. The minimum absolute atomic E-state index is 0.0301. The van der Waals surface area contributed by atoms with Gasteiger partial charge in [0.25, 0.3) is 0 Å². The van der Waals surface area contributed by atoms with Crippen LogP contribution in [0.2, 0.25) is 0 Å². The monoisotopic (exact) mass is 506 g/mol. The number of para-hydroxylation sites is 1. The highest BCUT2D eigenvalue weighted by molar-refractivity contribution is 5.90. The summed E-state index contributed by atoms with van der Waals surface area (Å²) in [5.74, 6) is -4.78. The molecule has 0 aromatic heterocycles. The van der Waals surface area contributed by atoms with E-state index in [-0.39, 0.29) is 29.7 Å². The molecule has 1 unspecified atom stereocenters. The van der Waals surface area contributed by atoms with E-state index in [2.05, 4.69) is 36.5 Å². The van der Waals surface area contributed by atoms with Gasteiger partial charge in [0.15, 0.2) is 17.4 Å². The molecule has 1 heterocycles. The van der Waals surface area contributed by atoms with Gasteiger partial charge in [0.2, 0.25) is 0 Å². The van der Waals surface area contributed by atoms with Gasteiger partial charge in [0, 0.05) is 6.04 Å². The van der Waals surface area contributed by atoms with Crippen LogP contribution in [0, 0.1) is 17.5 Å². The van der Waals surface area contributed by atoms with Gasteiger partial charge in [0.1, 0.15) is 17.5 Å². The Morgan fingerprint density at radius 2 is 1.76 bits per heavy atom. The summed E-state index contributed by atoms with van der Waals surface area (Å²) in [6, 6.07) is 20.6. The Balaban J connectivity index is 1.37. The summed E-state index contributed by atoms with van der Waals surface area (Å²) in [6.45, 7) is 2.72. The van der Waals surface area contributed by atoms with Crippen LogP contribution in [0.15, 0.2) is 72.8 Å². The van der Waals surface area contributed by atoms with E-state index in [1.165, 1.54) is 17.0 Å². The maximum absolute atomic E-state index is 15.2. The van der Waals surface area contributed by atoms with E-state index in [1.54, 1.807) is 6.07 Å². The van der Waals surface area contributed by atoms with E-state index in [0.29, 0.717) is 13.0 Å². The Morgan fingerprint density at radius 1 is 1.00 bits per heavy atom. The third-order valence-corrected chi connectivity index (χ3v) is 6.69. The SMILES string of the molecule is C[C@@H](NCCC1CN(c2ccc(F)c(C(=O)O)c2F)c2cccc(F)c2O1)c1cccc2ccccc12. The summed E-state index contributed by atoms with van der Waals surface area (Å²) < 4.78 is 49.8. The van der Waals surface area contributed by atoms with Crippen molar-refractivity contribution >= 4 is 28.1 Å². The van der Waals surface area contributed by atoms with Gasteiger partial charge >= 0.3 is 5.97 Å². The minimum Gasteiger partial charge on any atom is -0.483 e. The van der Waals surface area contributed by atoms with Crippen molar-refractivity contribution in [3.63, 3.8) is 0 Å². The standard InChI is InChI=1S/C29H25F3N2O3/c1-17(20-9-4-7-18-6-2-3-8-21(18)20)33-15-14-19-16-34(25-11-5-10-23(31)28(25)37-19)24-13-12-22(30)26(27(24)32)29(35)36/h2-13,17,19,33H,14-16H2,1H3,(H,35,36)/t17-,19?/m1/s1. The van der Waals surface area contributed by atoms with Gasteiger partial charge < -0.3 is 20.1 Å². The molecule has 0 saturated carbocycles. The van der Waals surface area contributed by atoms with Crippen molar-refractivity contribution in [2.75, 3.05) is 18.0 Å². The van der Waals surface area contributed by atoms with Gasteiger partial charge in [-0.05, 0) is 60.5 Å². The van der Waals surface area contributed by atoms with E-state index >= 15 is 4.39 Å². The van der Waals surface area contributed by atoms with Gasteiger partial charge in [-0.2, -0.15) is 0 Å². The maximum atomic E-state index is 15.2. The molecule has 0 saturated heterocycles. The largest absolute Gasteiger partial charge is 0.483 e.